The van der Waals surface area contributed by atoms with Gasteiger partial charge < -0.3 is 8.97 Å². The maximum atomic E-state index is 13.0. The average Bonchev–Trinajstić information content (AvgIpc) is 3.04. The third kappa shape index (κ3) is 7.27. The van der Waals surface area contributed by atoms with Crippen LogP contribution in [-0.2, 0) is 21.0 Å². The summed E-state index contributed by atoms with van der Waals surface area (Å²) >= 11 is 0. The maximum Gasteiger partial charge on any atom is 0.460 e. The van der Waals surface area contributed by atoms with Gasteiger partial charge in [0.15, 0.2) is 24.8 Å². The van der Waals surface area contributed by atoms with E-state index in [0.29, 0.717) is 5.58 Å². The molecular formula is C29H15F17O5S2. The van der Waals surface area contributed by atoms with Crippen molar-refractivity contribution in [1.29, 1.82) is 0 Å². The molecule has 3 aromatic carbocycles. The van der Waals surface area contributed by atoms with Gasteiger partial charge in [-0.2, -0.15) is 74.6 Å². The van der Waals surface area contributed by atoms with E-state index in [1.54, 1.807) is 6.07 Å². The van der Waals surface area contributed by atoms with Gasteiger partial charge in [0, 0.05) is 17.5 Å². The Kier molecular flexibility index (Phi) is 11.4. The zero-order chi connectivity index (χ0) is 40.9. The van der Waals surface area contributed by atoms with Gasteiger partial charge in [0.2, 0.25) is 0 Å². The van der Waals surface area contributed by atoms with E-state index < -0.39 is 57.1 Å². The molecular weight excluding hydrogens is 815 g/mol. The molecule has 4 rings (SSSR count). The Bertz CT molecular complexity index is 2030. The Morgan fingerprint density at radius 3 is 1.26 bits per heavy atom. The molecule has 53 heavy (non-hydrogen) atoms. The van der Waals surface area contributed by atoms with Crippen LogP contribution in [0.25, 0.3) is 11.0 Å². The van der Waals surface area contributed by atoms with Crippen LogP contribution in [0.3, 0.4) is 0 Å². The van der Waals surface area contributed by atoms with Crippen molar-refractivity contribution in [2.75, 3.05) is 0 Å². The molecule has 0 amide bonds. The van der Waals surface area contributed by atoms with Crippen molar-refractivity contribution in [1.82, 2.24) is 0 Å². The fraction of sp³-hybridized carbons (Fsp3) is 0.276. The average molecular weight is 831 g/mol. The first-order valence-electron chi connectivity index (χ1n) is 13.4. The highest BCUT2D eigenvalue weighted by Crippen LogP contribution is 2.64. The van der Waals surface area contributed by atoms with Gasteiger partial charge in [0.05, 0.1) is 10.9 Å². The summed E-state index contributed by atoms with van der Waals surface area (Å²) in [5.41, 5.74) is 0.309. The zero-order valence-corrected chi connectivity index (χ0v) is 26.6. The van der Waals surface area contributed by atoms with Crippen molar-refractivity contribution in [3.63, 3.8) is 0 Å². The SMILES string of the molecule is O=S(=O)([O-])C(F)(F)C(F)(F)C(F)(F)C(F)(F)C(F)(F)C(F)(F)C(F)(F)C(F)(F)F.O=c1ccc2ccc([S+](c3ccccc3)c3ccccc3)cc2o1. The second-order valence-electron chi connectivity index (χ2n) is 10.3. The minimum atomic E-state index is -8.92. The van der Waals surface area contributed by atoms with Crippen molar-refractivity contribution in [2.24, 2.45) is 0 Å². The standard InChI is InChI=1S/C21H15O2S.C8HF17O3S/c22-21-14-12-16-11-13-19(15-20(16)23-21)24(17-7-3-1-4-8-17)18-9-5-2-6-10-18;9-1(10,3(13,14)5(17,18)7(21,22)23)2(11,12)4(15,16)6(19,20)8(24,25)29(26,27)28/h1-15H;(H,26,27,28)/q+1;/p-1. The zero-order valence-electron chi connectivity index (χ0n) is 24.9. The van der Waals surface area contributed by atoms with E-state index in [9.17, 15) is 92.4 Å². The molecule has 0 saturated carbocycles. The fourth-order valence-electron chi connectivity index (χ4n) is 4.00. The van der Waals surface area contributed by atoms with E-state index in [2.05, 4.69) is 54.6 Å². The van der Waals surface area contributed by atoms with Gasteiger partial charge in [-0.25, -0.2) is 13.2 Å². The molecule has 0 unspecified atom stereocenters. The third-order valence-electron chi connectivity index (χ3n) is 6.80. The van der Waals surface area contributed by atoms with Crippen LogP contribution in [0.5, 0.6) is 0 Å². The lowest BCUT2D eigenvalue weighted by atomic mass is 9.91. The van der Waals surface area contributed by atoms with Crippen molar-refractivity contribution < 1.29 is 92.0 Å². The smallest absolute Gasteiger partial charge is 0.460 e. The predicted octanol–water partition coefficient (Wildman–Crippen LogP) is 9.39. The highest BCUT2D eigenvalue weighted by molar-refractivity contribution is 7.97. The molecule has 0 aliphatic rings. The summed E-state index contributed by atoms with van der Waals surface area (Å²) in [5, 5.41) is -7.02. The summed E-state index contributed by atoms with van der Waals surface area (Å²) in [4.78, 5) is 15.1. The second-order valence-corrected chi connectivity index (χ2v) is 13.7. The van der Waals surface area contributed by atoms with Crippen LogP contribution in [0, 0.1) is 0 Å². The Morgan fingerprint density at radius 2 is 0.868 bits per heavy atom. The molecule has 0 aliphatic carbocycles. The molecule has 5 nitrogen and oxygen atoms in total. The Balaban J connectivity index is 0.000000288. The largest absolute Gasteiger partial charge is 0.743 e. The van der Waals surface area contributed by atoms with Crippen LogP contribution in [0.4, 0.5) is 74.6 Å². The highest BCUT2D eigenvalue weighted by atomic mass is 32.2. The van der Waals surface area contributed by atoms with Crippen LogP contribution >= 0.6 is 0 Å². The topological polar surface area (TPSA) is 87.4 Å². The van der Waals surface area contributed by atoms with Crippen LogP contribution in [0.2, 0.25) is 0 Å². The van der Waals surface area contributed by atoms with Crippen LogP contribution in [0.15, 0.2) is 115 Å². The normalized spacial score (nSPS) is 14.2. The molecule has 292 valence electrons. The first-order valence-corrected chi connectivity index (χ1v) is 16.0. The van der Waals surface area contributed by atoms with Gasteiger partial charge >= 0.3 is 52.6 Å². The van der Waals surface area contributed by atoms with Crippen molar-refractivity contribution >= 4 is 32.0 Å². The molecule has 24 heteroatoms. The molecule has 0 bridgehead atoms. The Morgan fingerprint density at radius 1 is 0.491 bits per heavy atom. The lowest BCUT2D eigenvalue weighted by Crippen LogP contribution is -2.75. The van der Waals surface area contributed by atoms with E-state index in [4.69, 9.17) is 4.42 Å². The number of fused-ring (bicyclic) bond motifs is 1. The summed E-state index contributed by atoms with van der Waals surface area (Å²) in [6.07, 6.45) is -7.89. The van der Waals surface area contributed by atoms with Crippen molar-refractivity contribution in [2.45, 2.75) is 61.7 Å². The van der Waals surface area contributed by atoms with Gasteiger partial charge in [-0.3, -0.25) is 0 Å². The second kappa shape index (κ2) is 14.0. The first-order chi connectivity index (χ1) is 23.8. The number of rotatable bonds is 10. The van der Waals surface area contributed by atoms with Gasteiger partial charge in [-0.1, -0.05) is 36.4 Å². The summed E-state index contributed by atoms with van der Waals surface area (Å²) in [6.45, 7) is 0. The summed E-state index contributed by atoms with van der Waals surface area (Å²) in [5.74, 6) is -52.1. The molecule has 0 radical (unpaired) electrons. The minimum Gasteiger partial charge on any atom is -0.743 e. The van der Waals surface area contributed by atoms with Crippen molar-refractivity contribution in [3.05, 3.63) is 101 Å². The van der Waals surface area contributed by atoms with Crippen LogP contribution in [-0.4, -0.2) is 59.9 Å². The quantitative estimate of drug-likeness (QED) is 0.0689. The molecule has 0 N–H and O–H groups in total. The molecule has 0 saturated heterocycles. The van der Waals surface area contributed by atoms with Crippen LogP contribution < -0.4 is 5.63 Å². The first kappa shape index (κ1) is 43.3. The van der Waals surface area contributed by atoms with E-state index in [1.807, 2.05) is 24.3 Å². The monoisotopic (exact) mass is 830 g/mol. The van der Waals surface area contributed by atoms with Gasteiger partial charge in [-0.15, -0.1) is 0 Å². The van der Waals surface area contributed by atoms with E-state index in [-0.39, 0.29) is 16.5 Å². The van der Waals surface area contributed by atoms with E-state index in [1.165, 1.54) is 15.9 Å². The summed E-state index contributed by atoms with van der Waals surface area (Å²) in [6, 6.07) is 30.2. The van der Waals surface area contributed by atoms with Gasteiger partial charge in [-0.05, 0) is 42.5 Å². The van der Waals surface area contributed by atoms with Gasteiger partial charge in [0.1, 0.15) is 5.58 Å². The predicted molar refractivity (Wildman–Crippen MR) is 148 cm³/mol. The number of hydrogen-bond acceptors (Lipinski definition) is 5. The maximum absolute atomic E-state index is 13.0. The number of benzene rings is 3. The Labute approximate surface area is 287 Å². The number of halogens is 17. The molecule has 1 heterocycles. The summed E-state index contributed by atoms with van der Waals surface area (Å²) < 4.78 is 249. The lowest BCUT2D eigenvalue weighted by molar-refractivity contribution is -0.458. The lowest BCUT2D eigenvalue weighted by Gasteiger charge is -2.42. The van der Waals surface area contributed by atoms with E-state index >= 15 is 0 Å². The molecule has 1 aromatic heterocycles. The Hall–Kier alpha value is -4.06. The summed E-state index contributed by atoms with van der Waals surface area (Å²) in [7, 11) is -8.38. The third-order valence-corrected chi connectivity index (χ3v) is 9.89. The molecule has 0 aliphatic heterocycles. The molecule has 0 atom stereocenters. The van der Waals surface area contributed by atoms with Gasteiger partial charge in [0.25, 0.3) is 0 Å². The minimum absolute atomic E-state index is 0.239. The molecule has 0 fully saturated rings. The number of alkyl halides is 17. The molecule has 4 aromatic rings. The van der Waals surface area contributed by atoms with E-state index in [0.717, 1.165) is 10.3 Å². The molecule has 0 spiro atoms. The highest BCUT2D eigenvalue weighted by Gasteiger charge is 2.95. The number of hydrogen-bond donors (Lipinski definition) is 0. The van der Waals surface area contributed by atoms with Crippen LogP contribution in [0.1, 0.15) is 0 Å². The van der Waals surface area contributed by atoms with Crippen molar-refractivity contribution in [3.8, 4) is 0 Å². The fourth-order valence-corrected chi connectivity index (χ4v) is 6.54.